The molecule has 4 nitrogen and oxygen atoms in total. The summed E-state index contributed by atoms with van der Waals surface area (Å²) in [5.74, 6) is -0.0446. The van der Waals surface area contributed by atoms with Gasteiger partial charge in [0.15, 0.2) is 0 Å². The van der Waals surface area contributed by atoms with Crippen LogP contribution in [0.25, 0.3) is 0 Å². The van der Waals surface area contributed by atoms with Crippen LogP contribution >= 0.6 is 0 Å². The van der Waals surface area contributed by atoms with E-state index in [4.69, 9.17) is 10.8 Å². The number of nitrogens with one attached hydrogen (secondary N) is 1. The fourth-order valence-corrected chi connectivity index (χ4v) is 1.15. The molecular weight excluding hydrogens is 180 g/mol. The van der Waals surface area contributed by atoms with Gasteiger partial charge in [-0.25, -0.2) is 0 Å². The Bertz CT molecular complexity index is 191. The highest BCUT2D eigenvalue weighted by atomic mass is 16.3. The minimum Gasteiger partial charge on any atom is -0.394 e. The number of carbonyl (C=O) groups excluding carboxylic acids is 1. The van der Waals surface area contributed by atoms with Crippen LogP contribution in [0.1, 0.15) is 27.7 Å². The lowest BCUT2D eigenvalue weighted by Gasteiger charge is -2.27. The van der Waals surface area contributed by atoms with Gasteiger partial charge in [0.05, 0.1) is 18.1 Å². The number of aliphatic hydroxyl groups is 1. The molecule has 4 N–H and O–H groups in total. The molecule has 0 saturated heterocycles. The molecule has 0 radical (unpaired) electrons. The van der Waals surface area contributed by atoms with E-state index in [0.29, 0.717) is 6.54 Å². The summed E-state index contributed by atoms with van der Waals surface area (Å²) in [5.41, 5.74) is 4.94. The second-order valence-corrected chi connectivity index (χ2v) is 4.62. The maximum absolute atomic E-state index is 11.7. The molecule has 0 aliphatic heterocycles. The quantitative estimate of drug-likeness (QED) is 0.592. The molecular formula is C10H22N2O2. The van der Waals surface area contributed by atoms with Gasteiger partial charge in [0.25, 0.3) is 0 Å². The lowest BCUT2D eigenvalue weighted by Crippen LogP contribution is -2.50. The first kappa shape index (κ1) is 13.4. The van der Waals surface area contributed by atoms with E-state index in [1.54, 1.807) is 13.8 Å². The van der Waals surface area contributed by atoms with Crippen molar-refractivity contribution in [1.82, 2.24) is 5.32 Å². The molecule has 1 amide bonds. The standard InChI is InChI=1S/C10H22N2O2/c1-7(2)8(5-11)9(14)12-10(3,4)6-13/h7-8,13H,5-6,11H2,1-4H3,(H,12,14). The van der Waals surface area contributed by atoms with Gasteiger partial charge in [-0.3, -0.25) is 4.79 Å². The van der Waals surface area contributed by atoms with Crippen LogP contribution in [0.15, 0.2) is 0 Å². The Morgan fingerprint density at radius 3 is 2.29 bits per heavy atom. The monoisotopic (exact) mass is 202 g/mol. The zero-order valence-electron chi connectivity index (χ0n) is 9.50. The minimum absolute atomic E-state index is 0.0753. The van der Waals surface area contributed by atoms with Crippen molar-refractivity contribution in [3.05, 3.63) is 0 Å². The molecule has 1 unspecified atom stereocenters. The average Bonchev–Trinajstić information content (AvgIpc) is 2.03. The second kappa shape index (κ2) is 5.32. The molecule has 0 bridgehead atoms. The molecule has 14 heavy (non-hydrogen) atoms. The van der Waals surface area contributed by atoms with Crippen molar-refractivity contribution in [3.63, 3.8) is 0 Å². The Balaban J connectivity index is 4.32. The van der Waals surface area contributed by atoms with Crippen LogP contribution in [0.2, 0.25) is 0 Å². The lowest BCUT2D eigenvalue weighted by atomic mass is 9.93. The van der Waals surface area contributed by atoms with Gasteiger partial charge >= 0.3 is 0 Å². The second-order valence-electron chi connectivity index (χ2n) is 4.62. The van der Waals surface area contributed by atoms with E-state index in [-0.39, 0.29) is 24.3 Å². The van der Waals surface area contributed by atoms with Gasteiger partial charge in [-0.1, -0.05) is 13.8 Å². The van der Waals surface area contributed by atoms with Crippen LogP contribution in [0.5, 0.6) is 0 Å². The lowest BCUT2D eigenvalue weighted by molar-refractivity contribution is -0.128. The van der Waals surface area contributed by atoms with Crippen LogP contribution in [0.4, 0.5) is 0 Å². The number of amides is 1. The number of hydrogen-bond donors (Lipinski definition) is 3. The van der Waals surface area contributed by atoms with Gasteiger partial charge in [-0.2, -0.15) is 0 Å². The summed E-state index contributed by atoms with van der Waals surface area (Å²) in [6.07, 6.45) is 0. The van der Waals surface area contributed by atoms with Crippen molar-refractivity contribution in [1.29, 1.82) is 0 Å². The van der Waals surface area contributed by atoms with Crippen molar-refractivity contribution < 1.29 is 9.90 Å². The van der Waals surface area contributed by atoms with E-state index >= 15 is 0 Å². The normalized spacial score (nSPS) is 14.2. The maximum atomic E-state index is 11.7. The van der Waals surface area contributed by atoms with Gasteiger partial charge < -0.3 is 16.2 Å². The van der Waals surface area contributed by atoms with Gasteiger partial charge in [0.1, 0.15) is 0 Å². The summed E-state index contributed by atoms with van der Waals surface area (Å²) >= 11 is 0. The molecule has 0 rings (SSSR count). The first-order valence-corrected chi connectivity index (χ1v) is 4.97. The van der Waals surface area contributed by atoms with E-state index in [2.05, 4.69) is 5.32 Å². The van der Waals surface area contributed by atoms with Crippen molar-refractivity contribution in [3.8, 4) is 0 Å². The molecule has 0 heterocycles. The zero-order valence-corrected chi connectivity index (χ0v) is 9.50. The highest BCUT2D eigenvalue weighted by Gasteiger charge is 2.26. The number of hydrogen-bond acceptors (Lipinski definition) is 3. The van der Waals surface area contributed by atoms with Crippen molar-refractivity contribution in [2.45, 2.75) is 33.2 Å². The molecule has 0 fully saturated rings. The molecule has 0 aliphatic carbocycles. The van der Waals surface area contributed by atoms with Gasteiger partial charge in [-0.05, 0) is 19.8 Å². The fraction of sp³-hybridized carbons (Fsp3) is 0.900. The highest BCUT2D eigenvalue weighted by Crippen LogP contribution is 2.11. The highest BCUT2D eigenvalue weighted by molar-refractivity contribution is 5.79. The fourth-order valence-electron chi connectivity index (χ4n) is 1.15. The summed E-state index contributed by atoms with van der Waals surface area (Å²) < 4.78 is 0. The first-order valence-electron chi connectivity index (χ1n) is 4.97. The summed E-state index contributed by atoms with van der Waals surface area (Å²) in [5, 5.41) is 11.8. The Morgan fingerprint density at radius 1 is 1.50 bits per heavy atom. The number of nitrogens with two attached hydrogens (primary N) is 1. The Morgan fingerprint density at radius 2 is 2.00 bits per heavy atom. The topological polar surface area (TPSA) is 75.4 Å². The smallest absolute Gasteiger partial charge is 0.225 e. The minimum atomic E-state index is -0.570. The van der Waals surface area contributed by atoms with E-state index in [9.17, 15) is 4.79 Å². The average molecular weight is 202 g/mol. The van der Waals surface area contributed by atoms with E-state index in [1.165, 1.54) is 0 Å². The number of rotatable bonds is 5. The molecule has 0 saturated carbocycles. The predicted octanol–water partition coefficient (Wildman–Crippen LogP) is 0.104. The first-order chi connectivity index (χ1) is 6.34. The molecule has 0 aromatic rings. The maximum Gasteiger partial charge on any atom is 0.225 e. The molecule has 1 atom stereocenters. The number of aliphatic hydroxyl groups excluding tert-OH is 1. The van der Waals surface area contributed by atoms with Crippen molar-refractivity contribution in [2.75, 3.05) is 13.2 Å². The van der Waals surface area contributed by atoms with Crippen molar-refractivity contribution in [2.24, 2.45) is 17.6 Å². The molecule has 0 aromatic carbocycles. The molecule has 4 heteroatoms. The van der Waals surface area contributed by atoms with Crippen LogP contribution in [-0.2, 0) is 4.79 Å². The summed E-state index contributed by atoms with van der Waals surface area (Å²) in [4.78, 5) is 11.7. The Kier molecular flexibility index (Phi) is 5.08. The molecule has 84 valence electrons. The Hall–Kier alpha value is -0.610. The SMILES string of the molecule is CC(C)C(CN)C(=O)NC(C)(C)CO. The third-order valence-electron chi connectivity index (χ3n) is 2.25. The largest absolute Gasteiger partial charge is 0.394 e. The summed E-state index contributed by atoms with van der Waals surface area (Å²) in [6.45, 7) is 7.74. The summed E-state index contributed by atoms with van der Waals surface area (Å²) in [7, 11) is 0. The van der Waals surface area contributed by atoms with Crippen LogP contribution < -0.4 is 11.1 Å². The molecule has 0 spiro atoms. The van der Waals surface area contributed by atoms with E-state index in [1.807, 2.05) is 13.8 Å². The summed E-state index contributed by atoms with van der Waals surface area (Å²) in [6, 6.07) is 0. The molecule has 0 aliphatic rings. The Labute approximate surface area is 85.9 Å². The zero-order chi connectivity index (χ0) is 11.4. The van der Waals surface area contributed by atoms with Gasteiger partial charge in [0, 0.05) is 6.54 Å². The van der Waals surface area contributed by atoms with E-state index < -0.39 is 5.54 Å². The van der Waals surface area contributed by atoms with Gasteiger partial charge in [-0.15, -0.1) is 0 Å². The van der Waals surface area contributed by atoms with Crippen LogP contribution in [0.3, 0.4) is 0 Å². The van der Waals surface area contributed by atoms with Crippen molar-refractivity contribution >= 4 is 5.91 Å². The van der Waals surface area contributed by atoms with Crippen LogP contribution in [-0.4, -0.2) is 29.7 Å². The van der Waals surface area contributed by atoms with Crippen LogP contribution in [0, 0.1) is 11.8 Å². The molecule has 0 aromatic heterocycles. The van der Waals surface area contributed by atoms with Gasteiger partial charge in [0.2, 0.25) is 5.91 Å². The number of carbonyl (C=O) groups is 1. The van der Waals surface area contributed by atoms with E-state index in [0.717, 1.165) is 0 Å². The third-order valence-corrected chi connectivity index (χ3v) is 2.25. The third kappa shape index (κ3) is 4.07. The predicted molar refractivity (Wildman–Crippen MR) is 56.7 cm³/mol.